The van der Waals surface area contributed by atoms with Gasteiger partial charge in [-0.15, -0.1) is 0 Å². The molecule has 122 valence electrons. The van der Waals surface area contributed by atoms with Crippen molar-refractivity contribution in [3.63, 3.8) is 0 Å². The van der Waals surface area contributed by atoms with Crippen LogP contribution >= 0.6 is 0 Å². The second-order valence-electron chi connectivity index (χ2n) is 6.61. The van der Waals surface area contributed by atoms with Crippen molar-refractivity contribution in [2.24, 2.45) is 11.0 Å². The third-order valence-corrected chi connectivity index (χ3v) is 5.42. The number of anilines is 1. The van der Waals surface area contributed by atoms with E-state index in [9.17, 15) is 4.79 Å². The Morgan fingerprint density at radius 2 is 2.00 bits per heavy atom. The Bertz CT molecular complexity index is 624. The summed E-state index contributed by atoms with van der Waals surface area (Å²) in [5.41, 5.74) is 1.63. The normalized spacial score (nSPS) is 31.1. The van der Waals surface area contributed by atoms with Crippen LogP contribution in [0.5, 0.6) is 0 Å². The molecule has 2 heterocycles. The molecule has 0 aromatic heterocycles. The van der Waals surface area contributed by atoms with Gasteiger partial charge in [0.1, 0.15) is 11.4 Å². The lowest BCUT2D eigenvalue weighted by atomic mass is 9.88. The first-order valence-electron chi connectivity index (χ1n) is 8.51. The summed E-state index contributed by atoms with van der Waals surface area (Å²) in [7, 11) is 0. The maximum absolute atomic E-state index is 12.2. The first-order chi connectivity index (χ1) is 11.2. The lowest BCUT2D eigenvalue weighted by Gasteiger charge is -2.48. The molecule has 2 atom stereocenters. The van der Waals surface area contributed by atoms with Gasteiger partial charge in [-0.1, -0.05) is 18.2 Å². The number of rotatable bonds is 3. The van der Waals surface area contributed by atoms with E-state index in [0.717, 1.165) is 57.0 Å². The number of para-hydroxylation sites is 1. The van der Waals surface area contributed by atoms with E-state index in [1.807, 2.05) is 18.2 Å². The zero-order valence-corrected chi connectivity index (χ0v) is 13.6. The van der Waals surface area contributed by atoms with E-state index in [-0.39, 0.29) is 17.4 Å². The lowest BCUT2D eigenvalue weighted by Crippen LogP contribution is -2.62. The molecule has 0 spiro atoms. The molecule has 4 rings (SSSR count). The van der Waals surface area contributed by atoms with Crippen molar-refractivity contribution in [1.82, 2.24) is 4.90 Å². The largest absolute Gasteiger partial charge is 0.379 e. The minimum Gasteiger partial charge on any atom is -0.379 e. The van der Waals surface area contributed by atoms with E-state index in [1.165, 1.54) is 0 Å². The topological polar surface area (TPSA) is 45.1 Å². The van der Waals surface area contributed by atoms with E-state index in [0.29, 0.717) is 0 Å². The zero-order chi connectivity index (χ0) is 15.9. The number of hydrogen-bond donors (Lipinski definition) is 0. The molecule has 0 radical (unpaired) electrons. The molecule has 23 heavy (non-hydrogen) atoms. The average Bonchev–Trinajstić information content (AvgIpc) is 3.14. The number of fused-ring (bicyclic) bond motifs is 1. The molecule has 2 fully saturated rings. The summed E-state index contributed by atoms with van der Waals surface area (Å²) in [6, 6.07) is 10.3. The molecule has 1 saturated heterocycles. The molecule has 3 aliphatic rings. The number of carbonyl (C=O) groups excluding carboxylic acids is 1. The third kappa shape index (κ3) is 2.22. The van der Waals surface area contributed by atoms with Crippen molar-refractivity contribution in [3.8, 4) is 0 Å². The zero-order valence-electron chi connectivity index (χ0n) is 13.6. The number of carbonyl (C=O) groups is 1. The first-order valence-corrected chi connectivity index (χ1v) is 8.51. The van der Waals surface area contributed by atoms with Gasteiger partial charge in [0.05, 0.1) is 18.9 Å². The summed E-state index contributed by atoms with van der Waals surface area (Å²) >= 11 is 0. The Morgan fingerprint density at radius 1 is 1.26 bits per heavy atom. The average molecular weight is 313 g/mol. The number of hydrazone groups is 1. The summed E-state index contributed by atoms with van der Waals surface area (Å²) in [6.07, 6.45) is 3.23. The van der Waals surface area contributed by atoms with E-state index >= 15 is 0 Å². The summed E-state index contributed by atoms with van der Waals surface area (Å²) in [5.74, 6) is 0.311. The fourth-order valence-electron chi connectivity index (χ4n) is 4.47. The highest BCUT2D eigenvalue weighted by atomic mass is 16.5. The molecule has 1 aromatic carbocycles. The van der Waals surface area contributed by atoms with Crippen LogP contribution in [0.25, 0.3) is 0 Å². The molecule has 1 aliphatic carbocycles. The van der Waals surface area contributed by atoms with E-state index in [2.05, 4.69) is 22.0 Å². The highest BCUT2D eigenvalue weighted by Crippen LogP contribution is 2.49. The van der Waals surface area contributed by atoms with Crippen LogP contribution in [0.2, 0.25) is 0 Å². The Balaban J connectivity index is 1.81. The molecule has 5 nitrogen and oxygen atoms in total. The molecular weight excluding hydrogens is 290 g/mol. The van der Waals surface area contributed by atoms with Gasteiger partial charge in [-0.2, -0.15) is 5.10 Å². The second kappa shape index (κ2) is 5.73. The number of morpholine rings is 1. The number of Topliss-reactive ketones (excluding diaryl/α,β-unsaturated/α-hetero) is 1. The van der Waals surface area contributed by atoms with Gasteiger partial charge < -0.3 is 4.74 Å². The van der Waals surface area contributed by atoms with Gasteiger partial charge >= 0.3 is 0 Å². The maximum atomic E-state index is 12.2. The standard InChI is InChI=1S/C18H23N3O2/c1-14(22)17-16-8-5-9-18(16,20-10-12-23-13-11-20)21(19-17)15-6-3-2-4-7-15/h2-4,6-7,16H,5,8-13H2,1H3/t16-,18-/m0/s1. The van der Waals surface area contributed by atoms with Crippen LogP contribution in [0.4, 0.5) is 5.69 Å². The summed E-state index contributed by atoms with van der Waals surface area (Å²) < 4.78 is 5.56. The summed E-state index contributed by atoms with van der Waals surface area (Å²) in [5, 5.41) is 6.94. The molecule has 0 amide bonds. The molecule has 1 saturated carbocycles. The summed E-state index contributed by atoms with van der Waals surface area (Å²) in [6.45, 7) is 4.97. The number of ether oxygens (including phenoxy) is 1. The van der Waals surface area contributed by atoms with E-state index in [4.69, 9.17) is 9.84 Å². The Hall–Kier alpha value is -1.72. The van der Waals surface area contributed by atoms with Crippen molar-refractivity contribution < 1.29 is 9.53 Å². The van der Waals surface area contributed by atoms with Gasteiger partial charge in [0.25, 0.3) is 0 Å². The maximum Gasteiger partial charge on any atom is 0.176 e. The SMILES string of the molecule is CC(=O)C1=NN(c2ccccc2)[C@@]2(N3CCOCC3)CCC[C@@H]12. The smallest absolute Gasteiger partial charge is 0.176 e. The summed E-state index contributed by atoms with van der Waals surface area (Å²) in [4.78, 5) is 14.7. The molecule has 0 bridgehead atoms. The molecular formula is C18H23N3O2. The molecule has 0 unspecified atom stereocenters. The number of benzene rings is 1. The second-order valence-corrected chi connectivity index (χ2v) is 6.61. The predicted molar refractivity (Wildman–Crippen MR) is 89.5 cm³/mol. The van der Waals surface area contributed by atoms with Gasteiger partial charge in [-0.25, -0.2) is 5.01 Å². The molecule has 2 aliphatic heterocycles. The number of ketones is 1. The number of hydrogen-bond acceptors (Lipinski definition) is 5. The van der Waals surface area contributed by atoms with Crippen LogP contribution in [0.1, 0.15) is 26.2 Å². The van der Waals surface area contributed by atoms with Gasteiger partial charge in [-0.3, -0.25) is 9.69 Å². The van der Waals surface area contributed by atoms with Gasteiger partial charge in [0, 0.05) is 25.9 Å². The van der Waals surface area contributed by atoms with Crippen LogP contribution in [-0.2, 0) is 9.53 Å². The van der Waals surface area contributed by atoms with Crippen LogP contribution in [-0.4, -0.2) is 48.4 Å². The highest BCUT2D eigenvalue weighted by molar-refractivity contribution is 6.41. The van der Waals surface area contributed by atoms with Crippen molar-refractivity contribution in [2.75, 3.05) is 31.3 Å². The fourth-order valence-corrected chi connectivity index (χ4v) is 4.47. The van der Waals surface area contributed by atoms with Gasteiger partial charge in [0.2, 0.25) is 0 Å². The Morgan fingerprint density at radius 3 is 2.70 bits per heavy atom. The van der Waals surface area contributed by atoms with Crippen molar-refractivity contribution in [1.29, 1.82) is 0 Å². The fraction of sp³-hybridized carbons (Fsp3) is 0.556. The third-order valence-electron chi connectivity index (χ3n) is 5.42. The quantitative estimate of drug-likeness (QED) is 0.859. The van der Waals surface area contributed by atoms with Gasteiger partial charge in [0.15, 0.2) is 5.78 Å². The van der Waals surface area contributed by atoms with Crippen molar-refractivity contribution >= 4 is 17.2 Å². The monoisotopic (exact) mass is 313 g/mol. The minimum atomic E-state index is -0.188. The van der Waals surface area contributed by atoms with E-state index < -0.39 is 0 Å². The van der Waals surface area contributed by atoms with Crippen molar-refractivity contribution in [3.05, 3.63) is 30.3 Å². The van der Waals surface area contributed by atoms with Crippen LogP contribution < -0.4 is 5.01 Å². The van der Waals surface area contributed by atoms with Gasteiger partial charge in [-0.05, 0) is 31.4 Å². The first kappa shape index (κ1) is 14.8. The lowest BCUT2D eigenvalue weighted by molar-refractivity contribution is -0.111. The molecule has 1 aromatic rings. The molecule has 5 heteroatoms. The van der Waals surface area contributed by atoms with E-state index in [1.54, 1.807) is 6.92 Å². The Labute approximate surface area is 136 Å². The number of nitrogens with zero attached hydrogens (tertiary/aromatic N) is 3. The Kier molecular flexibility index (Phi) is 3.70. The minimum absolute atomic E-state index is 0.105. The van der Waals surface area contributed by atoms with Crippen LogP contribution in [0.3, 0.4) is 0 Å². The predicted octanol–water partition coefficient (Wildman–Crippen LogP) is 2.28. The van der Waals surface area contributed by atoms with Crippen LogP contribution in [0, 0.1) is 5.92 Å². The van der Waals surface area contributed by atoms with Crippen LogP contribution in [0.15, 0.2) is 35.4 Å². The molecule has 0 N–H and O–H groups in total. The van der Waals surface area contributed by atoms with Crippen molar-refractivity contribution in [2.45, 2.75) is 31.8 Å². The highest BCUT2D eigenvalue weighted by Gasteiger charge is 2.58.